The quantitative estimate of drug-likeness (QED) is 0.527. The minimum absolute atomic E-state index is 0.0346. The molecule has 3 N–H and O–H groups in total. The molecule has 0 aliphatic rings. The molecular formula is C19H19N5O3S. The second-order valence-corrected chi connectivity index (χ2v) is 7.93. The van der Waals surface area contributed by atoms with Crippen molar-refractivity contribution in [3.8, 4) is 6.07 Å². The number of sulfonamides is 1. The molecule has 1 amide bonds. The third-order valence-corrected chi connectivity index (χ3v) is 5.60. The molecule has 0 radical (unpaired) electrons. The van der Waals surface area contributed by atoms with Crippen LogP contribution in [0.25, 0.3) is 11.0 Å². The second-order valence-electron chi connectivity index (χ2n) is 6.16. The summed E-state index contributed by atoms with van der Waals surface area (Å²) in [6.07, 6.45) is 0.0827. The summed E-state index contributed by atoms with van der Waals surface area (Å²) in [5.74, 6) is 0.296. The summed E-state index contributed by atoms with van der Waals surface area (Å²) < 4.78 is 26.5. The third-order valence-electron chi connectivity index (χ3n) is 4.12. The van der Waals surface area contributed by atoms with Gasteiger partial charge in [0.25, 0.3) is 5.91 Å². The third kappa shape index (κ3) is 4.36. The van der Waals surface area contributed by atoms with E-state index in [1.54, 1.807) is 0 Å². The van der Waals surface area contributed by atoms with Gasteiger partial charge in [0.15, 0.2) is 0 Å². The highest BCUT2D eigenvalue weighted by atomic mass is 32.2. The molecule has 1 aromatic heterocycles. The number of para-hydroxylation sites is 2. The Labute approximate surface area is 162 Å². The van der Waals surface area contributed by atoms with E-state index in [0.717, 1.165) is 11.0 Å². The number of hydrogen-bond donors (Lipinski definition) is 3. The van der Waals surface area contributed by atoms with Gasteiger partial charge in [-0.1, -0.05) is 12.1 Å². The fourth-order valence-corrected chi connectivity index (χ4v) is 3.67. The lowest BCUT2D eigenvalue weighted by molar-refractivity contribution is 0.0938. The Balaban J connectivity index is 1.68. The van der Waals surface area contributed by atoms with Crippen LogP contribution in [0.15, 0.2) is 53.4 Å². The molecule has 0 saturated carbocycles. The smallest absolute Gasteiger partial charge is 0.251 e. The maximum atomic E-state index is 12.5. The van der Waals surface area contributed by atoms with Crippen molar-refractivity contribution >= 4 is 27.0 Å². The van der Waals surface area contributed by atoms with Crippen LogP contribution in [0, 0.1) is 11.3 Å². The van der Waals surface area contributed by atoms with Gasteiger partial charge in [0.2, 0.25) is 10.0 Å². The van der Waals surface area contributed by atoms with E-state index in [1.165, 1.54) is 24.3 Å². The van der Waals surface area contributed by atoms with Crippen molar-refractivity contribution in [2.75, 3.05) is 6.54 Å². The van der Waals surface area contributed by atoms with Crippen molar-refractivity contribution in [3.05, 3.63) is 59.9 Å². The zero-order chi connectivity index (χ0) is 20.1. The van der Waals surface area contributed by atoms with E-state index >= 15 is 0 Å². The van der Waals surface area contributed by atoms with Crippen molar-refractivity contribution < 1.29 is 13.2 Å². The van der Waals surface area contributed by atoms with Gasteiger partial charge in [-0.3, -0.25) is 4.79 Å². The first kappa shape index (κ1) is 19.5. The van der Waals surface area contributed by atoms with Gasteiger partial charge in [-0.05, 0) is 43.3 Å². The van der Waals surface area contributed by atoms with Gasteiger partial charge in [-0.15, -0.1) is 0 Å². The predicted molar refractivity (Wildman–Crippen MR) is 104 cm³/mol. The standard InChI is InChI=1S/C19H19N5O3S/c1-13(18-23-16-5-2-3-6-17(16)24-18)22-19(25)14-7-9-15(10-8-14)28(26,27)21-12-4-11-20/h2-3,5-10,13,21H,4,12H2,1H3,(H,22,25)(H,23,24). The first-order valence-electron chi connectivity index (χ1n) is 8.63. The summed E-state index contributed by atoms with van der Waals surface area (Å²) in [6, 6.07) is 14.7. The number of hydrogen-bond acceptors (Lipinski definition) is 5. The second kappa shape index (κ2) is 8.21. The van der Waals surface area contributed by atoms with E-state index < -0.39 is 10.0 Å². The maximum absolute atomic E-state index is 12.5. The molecule has 0 saturated heterocycles. The van der Waals surface area contributed by atoms with Gasteiger partial charge in [0.05, 0.1) is 28.0 Å². The van der Waals surface area contributed by atoms with Crippen molar-refractivity contribution in [2.24, 2.45) is 0 Å². The monoisotopic (exact) mass is 397 g/mol. The molecular weight excluding hydrogens is 378 g/mol. The Kier molecular flexibility index (Phi) is 5.73. The molecule has 0 aliphatic heterocycles. The number of amides is 1. The van der Waals surface area contributed by atoms with Crippen molar-refractivity contribution in [1.29, 1.82) is 5.26 Å². The molecule has 0 fully saturated rings. The molecule has 0 aliphatic carbocycles. The highest BCUT2D eigenvalue weighted by Gasteiger charge is 2.17. The minimum Gasteiger partial charge on any atom is -0.342 e. The molecule has 0 bridgehead atoms. The Hall–Kier alpha value is -3.22. The van der Waals surface area contributed by atoms with E-state index in [2.05, 4.69) is 20.0 Å². The van der Waals surface area contributed by atoms with E-state index in [0.29, 0.717) is 11.4 Å². The average molecular weight is 397 g/mol. The molecule has 3 rings (SSSR count). The summed E-state index contributed by atoms with van der Waals surface area (Å²) in [6.45, 7) is 1.85. The number of fused-ring (bicyclic) bond motifs is 1. The van der Waals surface area contributed by atoms with Crippen LogP contribution >= 0.6 is 0 Å². The Morgan fingerprint density at radius 3 is 2.61 bits per heavy atom. The first-order valence-corrected chi connectivity index (χ1v) is 10.1. The van der Waals surface area contributed by atoms with Crippen LogP contribution in [-0.4, -0.2) is 30.8 Å². The van der Waals surface area contributed by atoms with Gasteiger partial charge in [-0.2, -0.15) is 5.26 Å². The molecule has 1 atom stereocenters. The van der Waals surface area contributed by atoms with Gasteiger partial charge < -0.3 is 10.3 Å². The summed E-state index contributed by atoms with van der Waals surface area (Å²) in [5, 5.41) is 11.3. The summed E-state index contributed by atoms with van der Waals surface area (Å²) in [4.78, 5) is 20.1. The van der Waals surface area contributed by atoms with E-state index in [4.69, 9.17) is 5.26 Å². The number of H-pyrrole nitrogens is 1. The van der Waals surface area contributed by atoms with Crippen molar-refractivity contribution in [3.63, 3.8) is 0 Å². The molecule has 28 heavy (non-hydrogen) atoms. The molecule has 8 nitrogen and oxygen atoms in total. The van der Waals surface area contributed by atoms with Gasteiger partial charge >= 0.3 is 0 Å². The largest absolute Gasteiger partial charge is 0.342 e. The summed E-state index contributed by atoms with van der Waals surface area (Å²) in [7, 11) is -3.70. The highest BCUT2D eigenvalue weighted by Crippen LogP contribution is 2.16. The topological polar surface area (TPSA) is 128 Å². The number of carbonyl (C=O) groups is 1. The molecule has 2 aromatic carbocycles. The van der Waals surface area contributed by atoms with Crippen LogP contribution in [0.3, 0.4) is 0 Å². The van der Waals surface area contributed by atoms with Crippen LogP contribution < -0.4 is 10.0 Å². The number of imidazole rings is 1. The summed E-state index contributed by atoms with van der Waals surface area (Å²) >= 11 is 0. The number of aromatic amines is 1. The number of nitrogens with zero attached hydrogens (tertiary/aromatic N) is 2. The Morgan fingerprint density at radius 2 is 1.93 bits per heavy atom. The predicted octanol–water partition coefficient (Wildman–Crippen LogP) is 2.25. The number of nitriles is 1. The van der Waals surface area contributed by atoms with E-state index in [1.807, 2.05) is 37.3 Å². The number of aromatic nitrogens is 2. The van der Waals surface area contributed by atoms with Crippen LogP contribution in [0.5, 0.6) is 0 Å². The maximum Gasteiger partial charge on any atom is 0.251 e. The number of nitrogens with one attached hydrogen (secondary N) is 3. The fraction of sp³-hybridized carbons (Fsp3) is 0.211. The van der Waals surface area contributed by atoms with Crippen molar-refractivity contribution in [2.45, 2.75) is 24.3 Å². The van der Waals surface area contributed by atoms with Gasteiger partial charge in [0.1, 0.15) is 5.82 Å². The molecule has 144 valence electrons. The normalized spacial score (nSPS) is 12.4. The summed E-state index contributed by atoms with van der Waals surface area (Å²) in [5.41, 5.74) is 2.04. The number of rotatable bonds is 7. The fourth-order valence-electron chi connectivity index (χ4n) is 2.64. The van der Waals surface area contributed by atoms with Gasteiger partial charge in [-0.25, -0.2) is 18.1 Å². The Morgan fingerprint density at radius 1 is 1.21 bits per heavy atom. The molecule has 1 unspecified atom stereocenters. The average Bonchev–Trinajstić information content (AvgIpc) is 3.12. The lowest BCUT2D eigenvalue weighted by Crippen LogP contribution is -2.27. The number of benzene rings is 2. The van der Waals surface area contributed by atoms with E-state index in [-0.39, 0.29) is 29.8 Å². The molecule has 3 aromatic rings. The molecule has 0 spiro atoms. The minimum atomic E-state index is -3.70. The van der Waals surface area contributed by atoms with Crippen LogP contribution in [0.4, 0.5) is 0 Å². The number of carbonyl (C=O) groups excluding carboxylic acids is 1. The van der Waals surface area contributed by atoms with Crippen molar-refractivity contribution in [1.82, 2.24) is 20.0 Å². The zero-order valence-corrected chi connectivity index (χ0v) is 16.0. The molecule has 1 heterocycles. The van der Waals surface area contributed by atoms with Crippen LogP contribution in [0.1, 0.15) is 35.6 Å². The van der Waals surface area contributed by atoms with Crippen LogP contribution in [-0.2, 0) is 10.0 Å². The lowest BCUT2D eigenvalue weighted by Gasteiger charge is -2.12. The highest BCUT2D eigenvalue weighted by molar-refractivity contribution is 7.89. The lowest BCUT2D eigenvalue weighted by atomic mass is 10.2. The van der Waals surface area contributed by atoms with Crippen LogP contribution in [0.2, 0.25) is 0 Å². The SMILES string of the molecule is CC(NC(=O)c1ccc(S(=O)(=O)NCCC#N)cc1)c1nc2ccccc2[nH]1. The molecule has 9 heteroatoms. The van der Waals surface area contributed by atoms with E-state index in [9.17, 15) is 13.2 Å². The zero-order valence-electron chi connectivity index (χ0n) is 15.1. The van der Waals surface area contributed by atoms with Gasteiger partial charge in [0, 0.05) is 18.5 Å². The Bertz CT molecular complexity index is 1100. The first-order chi connectivity index (χ1) is 13.4.